The Balaban J connectivity index is 2.25. The fraction of sp³-hybridized carbons (Fsp3) is 0.308. The number of Topliss-reactive ketones (excluding diaryl/α,β-unsaturated/α-hetero) is 1. The Morgan fingerprint density at radius 3 is 2.85 bits per heavy atom. The lowest BCUT2D eigenvalue weighted by Crippen LogP contribution is -2.02. The minimum Gasteiger partial charge on any atom is -0.338 e. The Hall–Kier alpha value is -2.57. The molecule has 2 aromatic rings. The van der Waals surface area contributed by atoms with Crippen LogP contribution in [0.4, 0.5) is 5.69 Å². The van der Waals surface area contributed by atoms with Crippen molar-refractivity contribution in [2.45, 2.75) is 26.2 Å². The second-order valence-electron chi connectivity index (χ2n) is 4.25. The number of benzene rings is 1. The topological polar surface area (TPSA) is 99.1 Å². The zero-order chi connectivity index (χ0) is 14.5. The minimum absolute atomic E-state index is 0.00487. The minimum atomic E-state index is -0.506. The highest BCUT2D eigenvalue weighted by Crippen LogP contribution is 2.27. The van der Waals surface area contributed by atoms with Gasteiger partial charge in [-0.2, -0.15) is 4.98 Å². The van der Waals surface area contributed by atoms with Crippen LogP contribution >= 0.6 is 0 Å². The van der Waals surface area contributed by atoms with E-state index in [0.29, 0.717) is 6.42 Å². The van der Waals surface area contributed by atoms with Crippen LogP contribution in [0, 0.1) is 10.1 Å². The molecule has 0 aliphatic carbocycles. The van der Waals surface area contributed by atoms with Crippen LogP contribution in [-0.4, -0.2) is 20.8 Å². The molecule has 7 nitrogen and oxygen atoms in total. The van der Waals surface area contributed by atoms with E-state index >= 15 is 0 Å². The number of nitrogens with zero attached hydrogens (tertiary/aromatic N) is 3. The summed E-state index contributed by atoms with van der Waals surface area (Å²) in [6.07, 6.45) is 1.26. The number of hydrogen-bond donors (Lipinski definition) is 0. The van der Waals surface area contributed by atoms with Gasteiger partial charge in [0.1, 0.15) is 11.3 Å². The first kappa shape index (κ1) is 13.9. The van der Waals surface area contributed by atoms with Gasteiger partial charge in [-0.15, -0.1) is 0 Å². The molecule has 1 aromatic heterocycles. The molecule has 0 aliphatic rings. The monoisotopic (exact) mass is 275 g/mol. The van der Waals surface area contributed by atoms with Crippen molar-refractivity contribution in [3.8, 4) is 11.4 Å². The average Bonchev–Trinajstić information content (AvgIpc) is 2.87. The maximum Gasteiger partial charge on any atom is 0.280 e. The van der Waals surface area contributed by atoms with Gasteiger partial charge >= 0.3 is 0 Å². The highest BCUT2D eigenvalue weighted by molar-refractivity contribution is 5.80. The number of rotatable bonds is 6. The van der Waals surface area contributed by atoms with Gasteiger partial charge in [-0.3, -0.25) is 14.9 Å². The molecule has 0 bridgehead atoms. The molecular formula is C13H13N3O4. The van der Waals surface area contributed by atoms with Crippen LogP contribution in [0.15, 0.2) is 28.8 Å². The summed E-state index contributed by atoms with van der Waals surface area (Å²) in [5.41, 5.74) is 0.176. The number of hydrogen-bond acceptors (Lipinski definition) is 6. The van der Waals surface area contributed by atoms with Crippen molar-refractivity contribution in [1.29, 1.82) is 0 Å². The third-order valence-electron chi connectivity index (χ3n) is 2.69. The van der Waals surface area contributed by atoms with E-state index in [0.717, 1.165) is 6.42 Å². The fourth-order valence-corrected chi connectivity index (χ4v) is 1.79. The second-order valence-corrected chi connectivity index (χ2v) is 4.25. The van der Waals surface area contributed by atoms with E-state index in [1.807, 2.05) is 6.92 Å². The van der Waals surface area contributed by atoms with Gasteiger partial charge in [-0.05, 0) is 12.5 Å². The molecule has 0 fully saturated rings. The van der Waals surface area contributed by atoms with Crippen LogP contribution in [-0.2, 0) is 11.2 Å². The van der Waals surface area contributed by atoms with Gasteiger partial charge in [0.25, 0.3) is 5.69 Å². The van der Waals surface area contributed by atoms with Crippen molar-refractivity contribution in [2.24, 2.45) is 0 Å². The quantitative estimate of drug-likeness (QED) is 0.593. The van der Waals surface area contributed by atoms with Crippen molar-refractivity contribution in [3.05, 3.63) is 40.3 Å². The molecule has 0 saturated heterocycles. The first-order valence-corrected chi connectivity index (χ1v) is 6.20. The fourth-order valence-electron chi connectivity index (χ4n) is 1.79. The molecule has 0 spiro atoms. The van der Waals surface area contributed by atoms with E-state index in [2.05, 4.69) is 10.1 Å². The molecule has 0 atom stereocenters. The van der Waals surface area contributed by atoms with Crippen molar-refractivity contribution >= 4 is 11.5 Å². The lowest BCUT2D eigenvalue weighted by atomic mass is 10.1. The van der Waals surface area contributed by atoms with Crippen LogP contribution in [0.1, 0.15) is 25.7 Å². The lowest BCUT2D eigenvalue weighted by Gasteiger charge is -1.96. The summed E-state index contributed by atoms with van der Waals surface area (Å²) in [5.74, 6) is 0.304. The Kier molecular flexibility index (Phi) is 4.19. The SMILES string of the molecule is CCCC(=O)Cc1nc(-c2ccccc2[N+](=O)[O-])no1. The summed E-state index contributed by atoms with van der Waals surface area (Å²) in [6, 6.07) is 6.13. The maximum absolute atomic E-state index is 11.5. The molecule has 7 heteroatoms. The summed E-state index contributed by atoms with van der Waals surface area (Å²) >= 11 is 0. The second kappa shape index (κ2) is 6.05. The Morgan fingerprint density at radius 1 is 1.40 bits per heavy atom. The first-order chi connectivity index (χ1) is 9.61. The van der Waals surface area contributed by atoms with Crippen LogP contribution < -0.4 is 0 Å². The third kappa shape index (κ3) is 3.05. The largest absolute Gasteiger partial charge is 0.338 e. The van der Waals surface area contributed by atoms with E-state index in [1.165, 1.54) is 6.07 Å². The Morgan fingerprint density at radius 2 is 2.15 bits per heavy atom. The average molecular weight is 275 g/mol. The molecule has 1 aromatic carbocycles. The van der Waals surface area contributed by atoms with Gasteiger partial charge in [0, 0.05) is 12.5 Å². The summed E-state index contributed by atoms with van der Waals surface area (Å²) in [4.78, 5) is 26.0. The molecule has 0 unspecified atom stereocenters. The van der Waals surface area contributed by atoms with Gasteiger partial charge in [0.05, 0.1) is 11.3 Å². The van der Waals surface area contributed by atoms with Crippen LogP contribution in [0.2, 0.25) is 0 Å². The predicted octanol–water partition coefficient (Wildman–Crippen LogP) is 2.56. The van der Waals surface area contributed by atoms with E-state index in [9.17, 15) is 14.9 Å². The number of nitro benzene ring substituents is 1. The van der Waals surface area contributed by atoms with Crippen molar-refractivity contribution in [3.63, 3.8) is 0 Å². The number of ketones is 1. The summed E-state index contributed by atoms with van der Waals surface area (Å²) in [6.45, 7) is 1.91. The molecule has 0 N–H and O–H groups in total. The summed E-state index contributed by atoms with van der Waals surface area (Å²) in [5, 5.41) is 14.6. The number of carbonyl (C=O) groups excluding carboxylic acids is 1. The highest BCUT2D eigenvalue weighted by Gasteiger charge is 2.19. The summed E-state index contributed by atoms with van der Waals surface area (Å²) in [7, 11) is 0. The number of nitro groups is 1. The smallest absolute Gasteiger partial charge is 0.280 e. The molecular weight excluding hydrogens is 262 g/mol. The van der Waals surface area contributed by atoms with E-state index in [-0.39, 0.29) is 35.2 Å². The number of carbonyl (C=O) groups is 1. The maximum atomic E-state index is 11.5. The lowest BCUT2D eigenvalue weighted by molar-refractivity contribution is -0.384. The Bertz CT molecular complexity index is 636. The zero-order valence-corrected chi connectivity index (χ0v) is 10.9. The molecule has 20 heavy (non-hydrogen) atoms. The van der Waals surface area contributed by atoms with Gasteiger partial charge < -0.3 is 4.52 Å². The van der Waals surface area contributed by atoms with E-state index in [4.69, 9.17) is 4.52 Å². The standard InChI is InChI=1S/C13H13N3O4/c1-2-5-9(17)8-12-14-13(15-20-12)10-6-3-4-7-11(10)16(18)19/h3-4,6-7H,2,5,8H2,1H3. The molecule has 2 rings (SSSR count). The van der Waals surface area contributed by atoms with E-state index in [1.54, 1.807) is 18.2 Å². The van der Waals surface area contributed by atoms with Crippen molar-refractivity contribution < 1.29 is 14.2 Å². The molecule has 1 heterocycles. The molecule has 0 radical (unpaired) electrons. The van der Waals surface area contributed by atoms with Gasteiger partial charge in [-0.25, -0.2) is 0 Å². The van der Waals surface area contributed by atoms with Gasteiger partial charge in [0.2, 0.25) is 11.7 Å². The Labute approximate surface area is 114 Å². The predicted molar refractivity (Wildman–Crippen MR) is 70.0 cm³/mol. The van der Waals surface area contributed by atoms with Crippen LogP contribution in [0.25, 0.3) is 11.4 Å². The molecule has 0 saturated carbocycles. The van der Waals surface area contributed by atoms with Gasteiger partial charge in [0.15, 0.2) is 0 Å². The molecule has 0 amide bonds. The number of para-hydroxylation sites is 1. The number of aromatic nitrogens is 2. The normalized spacial score (nSPS) is 10.4. The first-order valence-electron chi connectivity index (χ1n) is 6.20. The van der Waals surface area contributed by atoms with Crippen LogP contribution in [0.5, 0.6) is 0 Å². The van der Waals surface area contributed by atoms with E-state index < -0.39 is 4.92 Å². The van der Waals surface area contributed by atoms with Gasteiger partial charge in [-0.1, -0.05) is 24.2 Å². The highest BCUT2D eigenvalue weighted by atomic mass is 16.6. The molecule has 104 valence electrons. The summed E-state index contributed by atoms with van der Waals surface area (Å²) < 4.78 is 4.97. The van der Waals surface area contributed by atoms with Crippen LogP contribution in [0.3, 0.4) is 0 Å². The third-order valence-corrected chi connectivity index (χ3v) is 2.69. The zero-order valence-electron chi connectivity index (χ0n) is 10.9. The van der Waals surface area contributed by atoms with Crippen molar-refractivity contribution in [1.82, 2.24) is 10.1 Å². The van der Waals surface area contributed by atoms with Crippen molar-refractivity contribution in [2.75, 3.05) is 0 Å². The molecule has 0 aliphatic heterocycles.